The molecule has 1 aliphatic rings. The SMILES string of the molecule is CC(C)(CC(=O)NCCc1nncn1C1CC1)c1ccccc1. The number of aromatic nitrogens is 3. The number of nitrogens with zero attached hydrogens (tertiary/aromatic N) is 3. The van der Waals surface area contributed by atoms with Crippen molar-refractivity contribution in [3.8, 4) is 0 Å². The van der Waals surface area contributed by atoms with E-state index >= 15 is 0 Å². The average Bonchev–Trinajstić information content (AvgIpc) is 3.27. The fourth-order valence-corrected chi connectivity index (χ4v) is 2.87. The lowest BCUT2D eigenvalue weighted by atomic mass is 9.81. The average molecular weight is 312 g/mol. The smallest absolute Gasteiger partial charge is 0.220 e. The number of nitrogens with one attached hydrogen (secondary N) is 1. The molecule has 0 bridgehead atoms. The lowest BCUT2D eigenvalue weighted by molar-refractivity contribution is -0.122. The summed E-state index contributed by atoms with van der Waals surface area (Å²) in [6.07, 6.45) is 5.43. The minimum atomic E-state index is -0.167. The third-order valence-electron chi connectivity index (χ3n) is 4.42. The van der Waals surface area contributed by atoms with Crippen LogP contribution in [0.3, 0.4) is 0 Å². The Hall–Kier alpha value is -2.17. The van der Waals surface area contributed by atoms with E-state index in [1.54, 1.807) is 6.33 Å². The molecule has 0 unspecified atom stereocenters. The van der Waals surface area contributed by atoms with Crippen molar-refractivity contribution < 1.29 is 4.79 Å². The van der Waals surface area contributed by atoms with Gasteiger partial charge >= 0.3 is 0 Å². The summed E-state index contributed by atoms with van der Waals surface area (Å²) in [6.45, 7) is 4.81. The first-order chi connectivity index (χ1) is 11.1. The Bertz CT molecular complexity index is 659. The van der Waals surface area contributed by atoms with Crippen molar-refractivity contribution in [3.05, 3.63) is 48.0 Å². The maximum absolute atomic E-state index is 12.2. The molecule has 5 nitrogen and oxygen atoms in total. The quantitative estimate of drug-likeness (QED) is 0.855. The van der Waals surface area contributed by atoms with Crippen LogP contribution in [-0.4, -0.2) is 27.2 Å². The molecule has 0 saturated heterocycles. The molecule has 1 aromatic heterocycles. The molecule has 1 N–H and O–H groups in total. The molecular formula is C18H24N4O. The number of amides is 1. The molecule has 1 amide bonds. The predicted octanol–water partition coefficient (Wildman–Crippen LogP) is 2.64. The van der Waals surface area contributed by atoms with Gasteiger partial charge in [0.25, 0.3) is 0 Å². The predicted molar refractivity (Wildman–Crippen MR) is 89.1 cm³/mol. The van der Waals surface area contributed by atoms with Crippen LogP contribution in [0.15, 0.2) is 36.7 Å². The molecule has 1 aliphatic carbocycles. The van der Waals surface area contributed by atoms with Crippen LogP contribution in [0.4, 0.5) is 0 Å². The van der Waals surface area contributed by atoms with Gasteiger partial charge in [-0.15, -0.1) is 10.2 Å². The van der Waals surface area contributed by atoms with Crippen LogP contribution in [0, 0.1) is 0 Å². The highest BCUT2D eigenvalue weighted by Crippen LogP contribution is 2.35. The van der Waals surface area contributed by atoms with E-state index in [4.69, 9.17) is 0 Å². The zero-order valence-corrected chi connectivity index (χ0v) is 13.8. The van der Waals surface area contributed by atoms with Gasteiger partial charge in [0, 0.05) is 25.4 Å². The second-order valence-corrected chi connectivity index (χ2v) is 6.91. The van der Waals surface area contributed by atoms with E-state index in [0.717, 1.165) is 12.2 Å². The minimum Gasteiger partial charge on any atom is -0.356 e. The number of hydrogen-bond acceptors (Lipinski definition) is 3. The third-order valence-corrected chi connectivity index (χ3v) is 4.42. The zero-order valence-electron chi connectivity index (χ0n) is 13.8. The normalized spacial score (nSPS) is 14.7. The number of carbonyl (C=O) groups is 1. The first-order valence-corrected chi connectivity index (χ1v) is 8.27. The van der Waals surface area contributed by atoms with E-state index in [0.29, 0.717) is 19.0 Å². The Kier molecular flexibility index (Phi) is 4.46. The number of carbonyl (C=O) groups excluding carboxylic acids is 1. The molecule has 1 saturated carbocycles. The Morgan fingerprint density at radius 3 is 2.74 bits per heavy atom. The van der Waals surface area contributed by atoms with Crippen molar-refractivity contribution in [2.75, 3.05) is 6.54 Å². The maximum atomic E-state index is 12.2. The molecular weight excluding hydrogens is 288 g/mol. The van der Waals surface area contributed by atoms with E-state index in [-0.39, 0.29) is 11.3 Å². The summed E-state index contributed by atoms with van der Waals surface area (Å²) >= 11 is 0. The Morgan fingerprint density at radius 2 is 2.04 bits per heavy atom. The molecule has 5 heteroatoms. The summed E-state index contributed by atoms with van der Waals surface area (Å²) in [4.78, 5) is 12.2. The molecule has 2 aromatic rings. The van der Waals surface area contributed by atoms with Crippen molar-refractivity contribution in [1.82, 2.24) is 20.1 Å². The van der Waals surface area contributed by atoms with Crippen LogP contribution in [-0.2, 0) is 16.6 Å². The van der Waals surface area contributed by atoms with Crippen LogP contribution < -0.4 is 5.32 Å². The Morgan fingerprint density at radius 1 is 1.30 bits per heavy atom. The fourth-order valence-electron chi connectivity index (χ4n) is 2.87. The second-order valence-electron chi connectivity index (χ2n) is 6.91. The molecule has 0 radical (unpaired) electrons. The highest BCUT2D eigenvalue weighted by molar-refractivity contribution is 5.77. The fraction of sp³-hybridized carbons (Fsp3) is 0.500. The number of benzene rings is 1. The molecule has 122 valence electrons. The lowest BCUT2D eigenvalue weighted by Gasteiger charge is -2.24. The van der Waals surface area contributed by atoms with Crippen molar-refractivity contribution >= 4 is 5.91 Å². The van der Waals surface area contributed by atoms with Crippen molar-refractivity contribution in [1.29, 1.82) is 0 Å². The van der Waals surface area contributed by atoms with Gasteiger partial charge in [-0.2, -0.15) is 0 Å². The summed E-state index contributed by atoms with van der Waals surface area (Å²) in [5.41, 5.74) is 1.02. The van der Waals surface area contributed by atoms with Crippen LogP contribution >= 0.6 is 0 Å². The number of hydrogen-bond donors (Lipinski definition) is 1. The van der Waals surface area contributed by atoms with Gasteiger partial charge < -0.3 is 9.88 Å². The summed E-state index contributed by atoms with van der Waals surface area (Å²) in [5.74, 6) is 1.05. The second kappa shape index (κ2) is 6.52. The van der Waals surface area contributed by atoms with Crippen LogP contribution in [0.1, 0.15) is 50.5 Å². The molecule has 0 atom stereocenters. The molecule has 1 heterocycles. The van der Waals surface area contributed by atoms with Gasteiger partial charge in [0.15, 0.2) is 0 Å². The lowest BCUT2D eigenvalue weighted by Crippen LogP contribution is -2.32. The Balaban J connectivity index is 1.49. The summed E-state index contributed by atoms with van der Waals surface area (Å²) in [7, 11) is 0. The van der Waals surface area contributed by atoms with E-state index < -0.39 is 0 Å². The van der Waals surface area contributed by atoms with E-state index in [1.165, 1.54) is 18.4 Å². The first kappa shape index (κ1) is 15.7. The molecule has 23 heavy (non-hydrogen) atoms. The monoisotopic (exact) mass is 312 g/mol. The van der Waals surface area contributed by atoms with Crippen molar-refractivity contribution in [3.63, 3.8) is 0 Å². The number of rotatable bonds is 7. The zero-order chi connectivity index (χ0) is 16.3. The highest BCUT2D eigenvalue weighted by atomic mass is 16.1. The first-order valence-electron chi connectivity index (χ1n) is 8.27. The standard InChI is InChI=1S/C18H24N4O/c1-18(2,14-6-4-3-5-7-14)12-17(23)19-11-10-16-21-20-13-22(16)15-8-9-15/h3-7,13,15H,8-12H2,1-2H3,(H,19,23). The van der Waals surface area contributed by atoms with Gasteiger partial charge in [-0.05, 0) is 23.8 Å². The maximum Gasteiger partial charge on any atom is 0.220 e. The van der Waals surface area contributed by atoms with Crippen LogP contribution in [0.5, 0.6) is 0 Å². The molecule has 1 fully saturated rings. The van der Waals surface area contributed by atoms with E-state index in [2.05, 4.69) is 46.1 Å². The van der Waals surface area contributed by atoms with E-state index in [1.807, 2.05) is 18.2 Å². The van der Waals surface area contributed by atoms with Crippen LogP contribution in [0.25, 0.3) is 0 Å². The van der Waals surface area contributed by atoms with Gasteiger partial charge in [-0.3, -0.25) is 4.79 Å². The largest absolute Gasteiger partial charge is 0.356 e. The topological polar surface area (TPSA) is 59.8 Å². The van der Waals surface area contributed by atoms with Gasteiger partial charge in [-0.1, -0.05) is 44.2 Å². The highest BCUT2D eigenvalue weighted by Gasteiger charge is 2.26. The molecule has 3 rings (SSSR count). The molecule has 0 aliphatic heterocycles. The van der Waals surface area contributed by atoms with Crippen molar-refractivity contribution in [2.24, 2.45) is 0 Å². The van der Waals surface area contributed by atoms with E-state index in [9.17, 15) is 4.79 Å². The molecule has 0 spiro atoms. The van der Waals surface area contributed by atoms with Gasteiger partial charge in [0.05, 0.1) is 0 Å². The van der Waals surface area contributed by atoms with Gasteiger partial charge in [0.2, 0.25) is 5.91 Å². The van der Waals surface area contributed by atoms with Gasteiger partial charge in [-0.25, -0.2) is 0 Å². The summed E-state index contributed by atoms with van der Waals surface area (Å²) in [6, 6.07) is 10.7. The summed E-state index contributed by atoms with van der Waals surface area (Å²) < 4.78 is 2.14. The Labute approximate surface area is 137 Å². The van der Waals surface area contributed by atoms with Gasteiger partial charge in [0.1, 0.15) is 12.2 Å². The molecule has 1 aromatic carbocycles. The summed E-state index contributed by atoms with van der Waals surface area (Å²) in [5, 5.41) is 11.2. The third kappa shape index (κ3) is 3.97. The van der Waals surface area contributed by atoms with Crippen LogP contribution in [0.2, 0.25) is 0 Å². The minimum absolute atomic E-state index is 0.0799. The van der Waals surface area contributed by atoms with Crippen molar-refractivity contribution in [2.45, 2.75) is 51.0 Å².